The number of carbonyl (C=O) groups is 1. The molecule has 0 unspecified atom stereocenters. The average molecular weight is 376 g/mol. The summed E-state index contributed by atoms with van der Waals surface area (Å²) in [5, 5.41) is 22.2. The molecule has 27 heavy (non-hydrogen) atoms. The highest BCUT2D eigenvalue weighted by Crippen LogP contribution is 2.38. The summed E-state index contributed by atoms with van der Waals surface area (Å²) < 4.78 is 2.00. The monoisotopic (exact) mass is 376 g/mol. The maximum Gasteiger partial charge on any atom is 0.345 e. The van der Waals surface area contributed by atoms with Crippen molar-refractivity contribution < 1.29 is 15.0 Å². The second kappa shape index (κ2) is 5.52. The number of rotatable bonds is 3. The number of hydrogen-bond acceptors (Lipinski definition) is 5. The Morgan fingerprint density at radius 2 is 1.93 bits per heavy atom. The Bertz CT molecular complexity index is 1400. The first-order chi connectivity index (χ1) is 13.0. The van der Waals surface area contributed by atoms with Gasteiger partial charge in [0.05, 0.1) is 22.8 Å². The van der Waals surface area contributed by atoms with E-state index in [4.69, 9.17) is 0 Å². The zero-order valence-corrected chi connectivity index (χ0v) is 14.7. The highest BCUT2D eigenvalue weighted by atomic mass is 32.1. The first-order valence-electron chi connectivity index (χ1n) is 8.22. The normalized spacial score (nSPS) is 11.7. The standard InChI is InChI=1S/C20H12N2O4S/c23-18-12-7-13-15-11(6-14(27-13)20(25)26)8-21-17(15)16(12)19(24)22(18)9-10-4-2-1-3-5-10/h1-8,23H,9H2,(H,25,26). The Morgan fingerprint density at radius 1 is 1.15 bits per heavy atom. The van der Waals surface area contributed by atoms with E-state index in [9.17, 15) is 19.8 Å². The molecule has 0 saturated carbocycles. The third-order valence-electron chi connectivity index (χ3n) is 4.74. The fraction of sp³-hybridized carbons (Fsp3) is 0.0500. The molecule has 0 atom stereocenters. The Kier molecular flexibility index (Phi) is 3.23. The van der Waals surface area contributed by atoms with Gasteiger partial charge in [0.25, 0.3) is 5.56 Å². The van der Waals surface area contributed by atoms with Gasteiger partial charge >= 0.3 is 5.97 Å². The van der Waals surface area contributed by atoms with Gasteiger partial charge in [-0.3, -0.25) is 14.3 Å². The molecule has 3 heterocycles. The molecule has 0 spiro atoms. The summed E-state index contributed by atoms with van der Waals surface area (Å²) in [7, 11) is 0. The molecule has 6 nitrogen and oxygen atoms in total. The molecule has 3 aromatic heterocycles. The number of nitrogens with zero attached hydrogens (tertiary/aromatic N) is 2. The molecule has 0 saturated heterocycles. The largest absolute Gasteiger partial charge is 0.494 e. The molecule has 2 N–H and O–H groups in total. The van der Waals surface area contributed by atoms with Crippen molar-refractivity contribution >= 4 is 49.1 Å². The fourth-order valence-electron chi connectivity index (χ4n) is 3.52. The molecular weight excluding hydrogens is 364 g/mol. The predicted octanol–water partition coefficient (Wildman–Crippen LogP) is 3.65. The Hall–Kier alpha value is -3.45. The smallest absolute Gasteiger partial charge is 0.345 e. The van der Waals surface area contributed by atoms with Gasteiger partial charge in [-0.1, -0.05) is 30.3 Å². The molecule has 0 fully saturated rings. The summed E-state index contributed by atoms with van der Waals surface area (Å²) in [6.45, 7) is 0.246. The summed E-state index contributed by atoms with van der Waals surface area (Å²) in [6, 6.07) is 12.7. The lowest BCUT2D eigenvalue weighted by molar-refractivity contribution is 0.0702. The number of carboxylic acid groups (broad SMARTS) is 1. The van der Waals surface area contributed by atoms with Gasteiger partial charge in [0.2, 0.25) is 5.88 Å². The lowest BCUT2D eigenvalue weighted by Gasteiger charge is -2.03. The van der Waals surface area contributed by atoms with Gasteiger partial charge in [-0.25, -0.2) is 4.79 Å². The number of aromatic hydroxyl groups is 1. The predicted molar refractivity (Wildman–Crippen MR) is 104 cm³/mol. The summed E-state index contributed by atoms with van der Waals surface area (Å²) in [4.78, 5) is 28.9. The molecular formula is C20H12N2O4S. The number of hydrogen-bond donors (Lipinski definition) is 2. The Labute approximate surface area is 155 Å². The van der Waals surface area contributed by atoms with Gasteiger partial charge in [-0.15, -0.1) is 11.3 Å². The van der Waals surface area contributed by atoms with Gasteiger partial charge in [0.1, 0.15) is 4.88 Å². The van der Waals surface area contributed by atoms with Crippen molar-refractivity contribution in [2.75, 3.05) is 0 Å². The lowest BCUT2D eigenvalue weighted by Crippen LogP contribution is -2.15. The first-order valence-corrected chi connectivity index (χ1v) is 9.03. The Balaban J connectivity index is 1.85. The topological polar surface area (TPSA) is 92.4 Å². The average Bonchev–Trinajstić information content (AvgIpc) is 3.19. The van der Waals surface area contributed by atoms with Crippen molar-refractivity contribution in [3.63, 3.8) is 0 Å². The molecule has 5 aromatic rings. The fourth-order valence-corrected chi connectivity index (χ4v) is 4.52. The quantitative estimate of drug-likeness (QED) is 0.501. The van der Waals surface area contributed by atoms with E-state index in [2.05, 4.69) is 4.98 Å². The van der Waals surface area contributed by atoms with E-state index in [1.807, 2.05) is 30.3 Å². The summed E-state index contributed by atoms with van der Waals surface area (Å²) in [5.41, 5.74) is 1.09. The van der Waals surface area contributed by atoms with Gasteiger partial charge in [-0.2, -0.15) is 0 Å². The van der Waals surface area contributed by atoms with Crippen LogP contribution >= 0.6 is 11.3 Å². The zero-order chi connectivity index (χ0) is 18.7. The minimum atomic E-state index is -1.02. The van der Waals surface area contributed by atoms with Crippen molar-refractivity contribution in [2.45, 2.75) is 6.54 Å². The van der Waals surface area contributed by atoms with Crippen molar-refractivity contribution in [1.29, 1.82) is 0 Å². The number of fused-ring (bicyclic) bond motifs is 2. The van der Waals surface area contributed by atoms with Crippen LogP contribution in [0.1, 0.15) is 15.2 Å². The Morgan fingerprint density at radius 3 is 2.67 bits per heavy atom. The van der Waals surface area contributed by atoms with Crippen LogP contribution < -0.4 is 5.56 Å². The van der Waals surface area contributed by atoms with Crippen LogP contribution in [0.4, 0.5) is 0 Å². The SMILES string of the molecule is O=C(O)c1cc2cnc3c4c(=O)n(Cc5ccccc5)c(O)c4cc(s1)c23. The van der Waals surface area contributed by atoms with Crippen molar-refractivity contribution in [3.05, 3.63) is 69.5 Å². The van der Waals surface area contributed by atoms with Crippen LogP contribution in [0.15, 0.2) is 53.5 Å². The highest BCUT2D eigenvalue weighted by Gasteiger charge is 2.22. The molecule has 7 heteroatoms. The molecule has 0 radical (unpaired) electrons. The minimum Gasteiger partial charge on any atom is -0.494 e. The maximum atomic E-state index is 13.0. The van der Waals surface area contributed by atoms with E-state index in [0.29, 0.717) is 26.4 Å². The van der Waals surface area contributed by atoms with Gasteiger partial charge in [-0.05, 0) is 17.7 Å². The highest BCUT2D eigenvalue weighted by molar-refractivity contribution is 7.20. The molecule has 5 rings (SSSR count). The van der Waals surface area contributed by atoms with Crippen LogP contribution in [0, 0.1) is 0 Å². The van der Waals surface area contributed by atoms with E-state index in [-0.39, 0.29) is 22.9 Å². The zero-order valence-electron chi connectivity index (χ0n) is 13.8. The molecule has 2 aromatic carbocycles. The van der Waals surface area contributed by atoms with Crippen LogP contribution in [0.5, 0.6) is 5.88 Å². The molecule has 0 amide bonds. The molecule has 0 aliphatic rings. The number of carboxylic acids is 1. The molecule has 0 aliphatic heterocycles. The summed E-state index contributed by atoms with van der Waals surface area (Å²) in [5.74, 6) is -1.15. The third-order valence-corrected chi connectivity index (χ3v) is 5.80. The van der Waals surface area contributed by atoms with E-state index >= 15 is 0 Å². The van der Waals surface area contributed by atoms with E-state index in [1.165, 1.54) is 4.57 Å². The molecule has 0 bridgehead atoms. The third kappa shape index (κ3) is 2.22. The molecule has 0 aliphatic carbocycles. The van der Waals surface area contributed by atoms with Crippen LogP contribution in [-0.4, -0.2) is 25.7 Å². The number of benzene rings is 2. The van der Waals surface area contributed by atoms with E-state index in [1.54, 1.807) is 18.3 Å². The van der Waals surface area contributed by atoms with Crippen LogP contribution in [0.3, 0.4) is 0 Å². The number of aromatic carboxylic acids is 1. The van der Waals surface area contributed by atoms with Crippen LogP contribution in [0.25, 0.3) is 31.8 Å². The van der Waals surface area contributed by atoms with Gasteiger partial charge < -0.3 is 10.2 Å². The van der Waals surface area contributed by atoms with Crippen molar-refractivity contribution in [1.82, 2.24) is 9.55 Å². The minimum absolute atomic E-state index is 0.131. The first kappa shape index (κ1) is 15.8. The van der Waals surface area contributed by atoms with Crippen molar-refractivity contribution in [3.8, 4) is 5.88 Å². The summed E-state index contributed by atoms with van der Waals surface area (Å²) >= 11 is 1.10. The van der Waals surface area contributed by atoms with E-state index < -0.39 is 5.97 Å². The second-order valence-corrected chi connectivity index (χ2v) is 7.43. The van der Waals surface area contributed by atoms with Crippen molar-refractivity contribution in [2.24, 2.45) is 0 Å². The van der Waals surface area contributed by atoms with E-state index in [0.717, 1.165) is 22.3 Å². The van der Waals surface area contributed by atoms with Gasteiger partial charge in [0, 0.05) is 21.7 Å². The maximum absolute atomic E-state index is 13.0. The molecule has 132 valence electrons. The van der Waals surface area contributed by atoms with Crippen LogP contribution in [0.2, 0.25) is 0 Å². The second-order valence-electron chi connectivity index (χ2n) is 6.35. The summed E-state index contributed by atoms with van der Waals surface area (Å²) in [6.07, 6.45) is 1.57. The lowest BCUT2D eigenvalue weighted by atomic mass is 10.1. The number of aromatic nitrogens is 2. The van der Waals surface area contributed by atoms with Crippen LogP contribution in [-0.2, 0) is 6.54 Å². The van der Waals surface area contributed by atoms with Gasteiger partial charge in [0.15, 0.2) is 0 Å².